The minimum absolute atomic E-state index is 0.255. The van der Waals surface area contributed by atoms with E-state index in [1.54, 1.807) is 4.90 Å². The number of ether oxygens (including phenoxy) is 2. The van der Waals surface area contributed by atoms with E-state index in [2.05, 4.69) is 0 Å². The molecule has 0 radical (unpaired) electrons. The number of aryl methyl sites for hydroxylation is 1. The first kappa shape index (κ1) is 18.3. The van der Waals surface area contributed by atoms with E-state index in [-0.39, 0.29) is 18.0 Å². The molecular weight excluding hydrogens is 306 g/mol. The van der Waals surface area contributed by atoms with Crippen molar-refractivity contribution in [3.05, 3.63) is 34.9 Å². The van der Waals surface area contributed by atoms with E-state index in [0.717, 1.165) is 30.5 Å². The molecular formula is C19H27NO4. The lowest BCUT2D eigenvalue weighted by Crippen LogP contribution is -2.42. The number of likely N-dealkylation sites (tertiary alicyclic amines) is 1. The zero-order valence-electron chi connectivity index (χ0n) is 15.2. The Labute approximate surface area is 143 Å². The lowest BCUT2D eigenvalue weighted by atomic mass is 9.89. The number of carbonyl (C=O) groups excluding carboxylic acids is 2. The molecule has 1 amide bonds. The van der Waals surface area contributed by atoms with Gasteiger partial charge in [0.2, 0.25) is 0 Å². The zero-order valence-corrected chi connectivity index (χ0v) is 15.2. The molecule has 132 valence electrons. The molecule has 24 heavy (non-hydrogen) atoms. The lowest BCUT2D eigenvalue weighted by Gasteiger charge is -2.34. The predicted octanol–water partition coefficient (Wildman–Crippen LogP) is 3.90. The maximum atomic E-state index is 12.3. The van der Waals surface area contributed by atoms with E-state index in [1.807, 2.05) is 45.9 Å². The number of rotatable bonds is 2. The molecule has 0 N–H and O–H groups in total. The van der Waals surface area contributed by atoms with Crippen molar-refractivity contribution in [3.8, 4) is 0 Å². The highest BCUT2D eigenvalue weighted by Gasteiger charge is 2.28. The van der Waals surface area contributed by atoms with Gasteiger partial charge in [-0.1, -0.05) is 12.1 Å². The number of benzene rings is 1. The fourth-order valence-corrected chi connectivity index (χ4v) is 3.02. The summed E-state index contributed by atoms with van der Waals surface area (Å²) in [6, 6.07) is 5.79. The van der Waals surface area contributed by atoms with E-state index in [9.17, 15) is 9.59 Å². The third-order valence-corrected chi connectivity index (χ3v) is 4.20. The number of hydrogen-bond donors (Lipinski definition) is 0. The van der Waals surface area contributed by atoms with Gasteiger partial charge in [0.05, 0.1) is 12.7 Å². The Balaban J connectivity index is 2.11. The summed E-state index contributed by atoms with van der Waals surface area (Å²) in [4.78, 5) is 25.8. The molecule has 0 aromatic heterocycles. The second-order valence-corrected chi connectivity index (χ2v) is 7.33. The molecule has 1 saturated heterocycles. The Kier molecular flexibility index (Phi) is 5.52. The number of nitrogens with zero attached hydrogens (tertiary/aromatic N) is 1. The highest BCUT2D eigenvalue weighted by molar-refractivity contribution is 5.91. The summed E-state index contributed by atoms with van der Waals surface area (Å²) in [6.07, 6.45) is 1.72. The van der Waals surface area contributed by atoms with Gasteiger partial charge < -0.3 is 14.4 Å². The summed E-state index contributed by atoms with van der Waals surface area (Å²) in [5.41, 5.74) is 2.14. The summed E-state index contributed by atoms with van der Waals surface area (Å²) >= 11 is 0. The fourth-order valence-electron chi connectivity index (χ4n) is 3.02. The molecule has 1 fully saturated rings. The monoisotopic (exact) mass is 333 g/mol. The average molecular weight is 333 g/mol. The largest absolute Gasteiger partial charge is 0.465 e. The van der Waals surface area contributed by atoms with Crippen LogP contribution in [0.5, 0.6) is 0 Å². The van der Waals surface area contributed by atoms with Gasteiger partial charge in [0.15, 0.2) is 0 Å². The van der Waals surface area contributed by atoms with Crippen LogP contribution in [-0.2, 0) is 9.47 Å². The standard InChI is InChI=1S/C19H27NO4/c1-13-11-14(8-9-16(13)17(21)23-5)15-7-6-10-20(12-15)18(22)24-19(2,3)4/h8-9,11,15H,6-7,10,12H2,1-5H3. The molecule has 1 atom stereocenters. The van der Waals surface area contributed by atoms with Crippen LogP contribution < -0.4 is 0 Å². The van der Waals surface area contributed by atoms with Gasteiger partial charge in [-0.2, -0.15) is 0 Å². The number of esters is 1. The maximum Gasteiger partial charge on any atom is 0.410 e. The topological polar surface area (TPSA) is 55.8 Å². The van der Waals surface area contributed by atoms with Crippen LogP contribution in [-0.4, -0.2) is 42.8 Å². The van der Waals surface area contributed by atoms with Crippen LogP contribution in [0, 0.1) is 6.92 Å². The number of methoxy groups -OCH3 is 1. The van der Waals surface area contributed by atoms with Crippen molar-refractivity contribution in [1.29, 1.82) is 0 Å². The van der Waals surface area contributed by atoms with E-state index < -0.39 is 5.60 Å². The third-order valence-electron chi connectivity index (χ3n) is 4.20. The highest BCUT2D eigenvalue weighted by atomic mass is 16.6. The highest BCUT2D eigenvalue weighted by Crippen LogP contribution is 2.29. The molecule has 1 aliphatic heterocycles. The van der Waals surface area contributed by atoms with Gasteiger partial charge >= 0.3 is 12.1 Å². The molecule has 1 aromatic rings. The quantitative estimate of drug-likeness (QED) is 0.770. The summed E-state index contributed by atoms with van der Waals surface area (Å²) in [7, 11) is 1.38. The molecule has 1 aliphatic rings. The first-order valence-corrected chi connectivity index (χ1v) is 8.38. The van der Waals surface area contributed by atoms with Crippen LogP contribution in [0.2, 0.25) is 0 Å². The van der Waals surface area contributed by atoms with Gasteiger partial charge in [0, 0.05) is 19.0 Å². The third kappa shape index (κ3) is 4.49. The molecule has 0 aliphatic carbocycles. The van der Waals surface area contributed by atoms with E-state index in [1.165, 1.54) is 7.11 Å². The van der Waals surface area contributed by atoms with Crippen molar-refractivity contribution in [2.24, 2.45) is 0 Å². The molecule has 2 rings (SSSR count). The number of piperidine rings is 1. The van der Waals surface area contributed by atoms with Crippen LogP contribution in [0.25, 0.3) is 0 Å². The second kappa shape index (κ2) is 7.24. The Morgan fingerprint density at radius 3 is 2.54 bits per heavy atom. The SMILES string of the molecule is COC(=O)c1ccc(C2CCCN(C(=O)OC(C)(C)C)C2)cc1C. The minimum atomic E-state index is -0.483. The average Bonchev–Trinajstić information content (AvgIpc) is 2.52. The van der Waals surface area contributed by atoms with Gasteiger partial charge in [0.25, 0.3) is 0 Å². The molecule has 0 spiro atoms. The minimum Gasteiger partial charge on any atom is -0.465 e. The van der Waals surface area contributed by atoms with Crippen molar-refractivity contribution in [3.63, 3.8) is 0 Å². The van der Waals surface area contributed by atoms with E-state index in [0.29, 0.717) is 12.1 Å². The number of hydrogen-bond acceptors (Lipinski definition) is 4. The Morgan fingerprint density at radius 2 is 1.96 bits per heavy atom. The normalized spacial score (nSPS) is 18.2. The van der Waals surface area contributed by atoms with E-state index >= 15 is 0 Å². The second-order valence-electron chi connectivity index (χ2n) is 7.33. The van der Waals surface area contributed by atoms with Gasteiger partial charge in [-0.15, -0.1) is 0 Å². The van der Waals surface area contributed by atoms with Gasteiger partial charge in [0.1, 0.15) is 5.60 Å². The Hall–Kier alpha value is -2.04. The fraction of sp³-hybridized carbons (Fsp3) is 0.579. The number of amides is 1. The van der Waals surface area contributed by atoms with Crippen LogP contribution in [0.3, 0.4) is 0 Å². The lowest BCUT2D eigenvalue weighted by molar-refractivity contribution is 0.0198. The summed E-state index contributed by atoms with van der Waals surface area (Å²) < 4.78 is 10.3. The summed E-state index contributed by atoms with van der Waals surface area (Å²) in [5, 5.41) is 0. The molecule has 5 nitrogen and oxygen atoms in total. The summed E-state index contributed by atoms with van der Waals surface area (Å²) in [6.45, 7) is 8.91. The molecule has 5 heteroatoms. The predicted molar refractivity (Wildman–Crippen MR) is 92.3 cm³/mol. The number of carbonyl (C=O) groups is 2. The molecule has 1 heterocycles. The van der Waals surface area contributed by atoms with Crippen molar-refractivity contribution >= 4 is 12.1 Å². The van der Waals surface area contributed by atoms with Crippen molar-refractivity contribution in [2.75, 3.05) is 20.2 Å². The van der Waals surface area contributed by atoms with Gasteiger partial charge in [-0.25, -0.2) is 9.59 Å². The molecule has 0 bridgehead atoms. The van der Waals surface area contributed by atoms with Crippen LogP contribution >= 0.6 is 0 Å². The Bertz CT molecular complexity index is 618. The van der Waals surface area contributed by atoms with Crippen LogP contribution in [0.4, 0.5) is 4.79 Å². The molecule has 1 unspecified atom stereocenters. The molecule has 1 aromatic carbocycles. The van der Waals surface area contributed by atoms with Crippen LogP contribution in [0.1, 0.15) is 61.0 Å². The zero-order chi connectivity index (χ0) is 17.9. The Morgan fingerprint density at radius 1 is 1.25 bits per heavy atom. The first-order valence-electron chi connectivity index (χ1n) is 8.38. The smallest absolute Gasteiger partial charge is 0.410 e. The first-order chi connectivity index (χ1) is 11.2. The van der Waals surface area contributed by atoms with E-state index in [4.69, 9.17) is 9.47 Å². The van der Waals surface area contributed by atoms with Crippen molar-refractivity contribution in [2.45, 2.75) is 52.1 Å². The van der Waals surface area contributed by atoms with Crippen LogP contribution in [0.15, 0.2) is 18.2 Å². The van der Waals surface area contributed by atoms with Crippen molar-refractivity contribution in [1.82, 2.24) is 4.90 Å². The van der Waals surface area contributed by atoms with Gasteiger partial charge in [-0.05, 0) is 57.7 Å². The maximum absolute atomic E-state index is 12.3. The molecule has 0 saturated carbocycles. The summed E-state index contributed by atoms with van der Waals surface area (Å²) in [5.74, 6) is -0.0604. The van der Waals surface area contributed by atoms with Gasteiger partial charge in [-0.3, -0.25) is 0 Å². The van der Waals surface area contributed by atoms with Crippen molar-refractivity contribution < 1.29 is 19.1 Å².